The molecule has 1 aliphatic rings. The van der Waals surface area contributed by atoms with Gasteiger partial charge in [-0.25, -0.2) is 4.79 Å². The lowest BCUT2D eigenvalue weighted by Crippen LogP contribution is -2.63. The number of carbonyl (C=O) groups is 4. The number of benzene rings is 1. The number of piperazine rings is 1. The van der Waals surface area contributed by atoms with E-state index in [9.17, 15) is 19.2 Å². The third-order valence-electron chi connectivity index (χ3n) is 4.19. The summed E-state index contributed by atoms with van der Waals surface area (Å²) >= 11 is 0. The fourth-order valence-corrected chi connectivity index (χ4v) is 2.74. The number of carboxylic acids is 1. The van der Waals surface area contributed by atoms with Crippen molar-refractivity contribution >= 4 is 23.7 Å². The lowest BCUT2D eigenvalue weighted by molar-refractivity contribution is -0.143. The standard InChI is InChI=1S/C18H23N3O5/c1-10(2)15(18(25)26)21-14(22)9-13-17(24)19-12(16(23)20-13)8-11-6-4-3-5-7-11/h3-7,10,12-13,15H,8-9H2,1-2H3,(H,19,24)(H,20,23)(H,21,22)(H,25,26)/t12-,13-,15-/m0/s1. The summed E-state index contributed by atoms with van der Waals surface area (Å²) in [5, 5.41) is 16.6. The average Bonchev–Trinajstić information content (AvgIpc) is 2.57. The first-order valence-electron chi connectivity index (χ1n) is 8.44. The molecule has 3 atom stereocenters. The predicted molar refractivity (Wildman–Crippen MR) is 93.0 cm³/mol. The normalized spacial score (nSPS) is 20.9. The summed E-state index contributed by atoms with van der Waals surface area (Å²) in [5.74, 6) is -2.88. The summed E-state index contributed by atoms with van der Waals surface area (Å²) in [6.07, 6.45) is 0.0396. The zero-order valence-corrected chi connectivity index (χ0v) is 14.7. The number of nitrogens with one attached hydrogen (secondary N) is 3. The van der Waals surface area contributed by atoms with Gasteiger partial charge in [0.1, 0.15) is 18.1 Å². The van der Waals surface area contributed by atoms with Gasteiger partial charge in [0.05, 0.1) is 6.42 Å². The largest absolute Gasteiger partial charge is 0.480 e. The third kappa shape index (κ3) is 5.05. The van der Waals surface area contributed by atoms with E-state index in [2.05, 4.69) is 16.0 Å². The SMILES string of the molecule is CC(C)[C@H](NC(=O)C[C@@H]1NC(=O)[C@H](Cc2ccccc2)NC1=O)C(=O)O. The van der Waals surface area contributed by atoms with Crippen molar-refractivity contribution < 1.29 is 24.3 Å². The van der Waals surface area contributed by atoms with Gasteiger partial charge >= 0.3 is 5.97 Å². The second-order valence-corrected chi connectivity index (χ2v) is 6.64. The van der Waals surface area contributed by atoms with E-state index < -0.39 is 35.9 Å². The number of carbonyl (C=O) groups excluding carboxylic acids is 3. The van der Waals surface area contributed by atoms with Crippen LogP contribution in [0.5, 0.6) is 0 Å². The molecule has 0 aliphatic carbocycles. The lowest BCUT2D eigenvalue weighted by Gasteiger charge is -2.29. The summed E-state index contributed by atoms with van der Waals surface area (Å²) in [7, 11) is 0. The van der Waals surface area contributed by atoms with Crippen molar-refractivity contribution in [2.24, 2.45) is 5.92 Å². The highest BCUT2D eigenvalue weighted by atomic mass is 16.4. The van der Waals surface area contributed by atoms with Crippen molar-refractivity contribution in [2.75, 3.05) is 0 Å². The molecule has 8 heteroatoms. The van der Waals surface area contributed by atoms with Crippen molar-refractivity contribution in [2.45, 2.75) is 44.8 Å². The van der Waals surface area contributed by atoms with E-state index in [0.717, 1.165) is 5.56 Å². The first-order valence-corrected chi connectivity index (χ1v) is 8.44. The maximum absolute atomic E-state index is 12.2. The first-order chi connectivity index (χ1) is 12.3. The zero-order valence-electron chi connectivity index (χ0n) is 14.7. The number of rotatable bonds is 7. The Kier molecular flexibility index (Phi) is 6.32. The Hall–Kier alpha value is -2.90. The molecule has 1 aromatic rings. The predicted octanol–water partition coefficient (Wildman–Crippen LogP) is -0.172. The van der Waals surface area contributed by atoms with E-state index >= 15 is 0 Å². The molecule has 0 aromatic heterocycles. The van der Waals surface area contributed by atoms with Crippen LogP contribution in [-0.4, -0.2) is 46.9 Å². The highest BCUT2D eigenvalue weighted by Crippen LogP contribution is 2.09. The second kappa shape index (κ2) is 8.46. The highest BCUT2D eigenvalue weighted by molar-refractivity contribution is 5.99. The molecule has 1 aliphatic heterocycles. The summed E-state index contributed by atoms with van der Waals surface area (Å²) in [6, 6.07) is 6.50. The van der Waals surface area contributed by atoms with Crippen LogP contribution in [0.25, 0.3) is 0 Å². The molecule has 0 radical (unpaired) electrons. The molecule has 140 valence electrons. The lowest BCUT2D eigenvalue weighted by atomic mass is 10.00. The maximum Gasteiger partial charge on any atom is 0.326 e. The van der Waals surface area contributed by atoms with E-state index in [1.54, 1.807) is 13.8 Å². The second-order valence-electron chi connectivity index (χ2n) is 6.64. The molecule has 26 heavy (non-hydrogen) atoms. The molecule has 0 unspecified atom stereocenters. The van der Waals surface area contributed by atoms with Crippen molar-refractivity contribution in [1.29, 1.82) is 0 Å². The van der Waals surface area contributed by atoms with Gasteiger partial charge in [0.25, 0.3) is 0 Å². The van der Waals surface area contributed by atoms with Crippen LogP contribution < -0.4 is 16.0 Å². The molecule has 0 saturated carbocycles. The summed E-state index contributed by atoms with van der Waals surface area (Å²) in [6.45, 7) is 3.34. The number of hydrogen-bond donors (Lipinski definition) is 4. The Morgan fingerprint density at radius 3 is 2.23 bits per heavy atom. The Labute approximate surface area is 151 Å². The van der Waals surface area contributed by atoms with Crippen LogP contribution in [0.1, 0.15) is 25.8 Å². The molecule has 1 aromatic carbocycles. The molecule has 2 rings (SSSR count). The van der Waals surface area contributed by atoms with Crippen molar-refractivity contribution in [3.05, 3.63) is 35.9 Å². The molecule has 1 saturated heterocycles. The van der Waals surface area contributed by atoms with Crippen molar-refractivity contribution in [3.8, 4) is 0 Å². The van der Waals surface area contributed by atoms with Gasteiger partial charge in [0, 0.05) is 6.42 Å². The van der Waals surface area contributed by atoms with Gasteiger partial charge in [-0.15, -0.1) is 0 Å². The van der Waals surface area contributed by atoms with Crippen LogP contribution in [0, 0.1) is 5.92 Å². The molecule has 0 bridgehead atoms. The molecule has 4 N–H and O–H groups in total. The Morgan fingerprint density at radius 1 is 1.08 bits per heavy atom. The van der Waals surface area contributed by atoms with Gasteiger partial charge in [-0.2, -0.15) is 0 Å². The van der Waals surface area contributed by atoms with Gasteiger partial charge in [-0.05, 0) is 11.5 Å². The number of amides is 3. The fraction of sp³-hybridized carbons (Fsp3) is 0.444. The molecular formula is C18H23N3O5. The van der Waals surface area contributed by atoms with Gasteiger partial charge in [0.15, 0.2) is 0 Å². The van der Waals surface area contributed by atoms with Gasteiger partial charge in [0.2, 0.25) is 17.7 Å². The minimum atomic E-state index is -1.14. The average molecular weight is 361 g/mol. The summed E-state index contributed by atoms with van der Waals surface area (Å²) in [4.78, 5) is 47.6. The first kappa shape index (κ1) is 19.4. The smallest absolute Gasteiger partial charge is 0.326 e. The van der Waals surface area contributed by atoms with Crippen LogP contribution in [0.15, 0.2) is 30.3 Å². The van der Waals surface area contributed by atoms with Crippen LogP contribution in [-0.2, 0) is 25.6 Å². The van der Waals surface area contributed by atoms with E-state index in [1.165, 1.54) is 0 Å². The molecule has 3 amide bonds. The van der Waals surface area contributed by atoms with Crippen LogP contribution in [0.2, 0.25) is 0 Å². The molecular weight excluding hydrogens is 338 g/mol. The monoisotopic (exact) mass is 361 g/mol. The van der Waals surface area contributed by atoms with E-state index in [-0.39, 0.29) is 18.2 Å². The van der Waals surface area contributed by atoms with Crippen LogP contribution >= 0.6 is 0 Å². The molecule has 0 spiro atoms. The number of carboxylic acid groups (broad SMARTS) is 1. The fourth-order valence-electron chi connectivity index (χ4n) is 2.74. The zero-order chi connectivity index (χ0) is 19.3. The molecule has 1 heterocycles. The Morgan fingerprint density at radius 2 is 1.65 bits per heavy atom. The van der Waals surface area contributed by atoms with Crippen molar-refractivity contribution in [3.63, 3.8) is 0 Å². The number of aliphatic carboxylic acids is 1. The third-order valence-corrected chi connectivity index (χ3v) is 4.19. The number of hydrogen-bond acceptors (Lipinski definition) is 4. The summed E-state index contributed by atoms with van der Waals surface area (Å²) in [5.41, 5.74) is 0.908. The van der Waals surface area contributed by atoms with Gasteiger partial charge < -0.3 is 21.1 Å². The van der Waals surface area contributed by atoms with Crippen LogP contribution in [0.4, 0.5) is 0 Å². The topological polar surface area (TPSA) is 125 Å². The minimum absolute atomic E-state index is 0.304. The van der Waals surface area contributed by atoms with E-state index in [1.807, 2.05) is 30.3 Å². The summed E-state index contributed by atoms with van der Waals surface area (Å²) < 4.78 is 0. The Bertz CT molecular complexity index is 689. The van der Waals surface area contributed by atoms with E-state index in [0.29, 0.717) is 6.42 Å². The van der Waals surface area contributed by atoms with E-state index in [4.69, 9.17) is 5.11 Å². The molecule has 1 fully saturated rings. The molecule has 8 nitrogen and oxygen atoms in total. The van der Waals surface area contributed by atoms with Crippen LogP contribution in [0.3, 0.4) is 0 Å². The minimum Gasteiger partial charge on any atom is -0.480 e. The van der Waals surface area contributed by atoms with Crippen molar-refractivity contribution in [1.82, 2.24) is 16.0 Å². The Balaban J connectivity index is 1.92. The quantitative estimate of drug-likeness (QED) is 0.537. The highest BCUT2D eigenvalue weighted by Gasteiger charge is 2.35. The van der Waals surface area contributed by atoms with Gasteiger partial charge in [-0.3, -0.25) is 14.4 Å². The van der Waals surface area contributed by atoms with Gasteiger partial charge in [-0.1, -0.05) is 44.2 Å². The maximum atomic E-state index is 12.2.